The third kappa shape index (κ3) is 3.34. The van der Waals surface area contributed by atoms with Crippen LogP contribution in [0.4, 0.5) is 11.4 Å². The molecule has 1 N–H and O–H groups in total. The van der Waals surface area contributed by atoms with Crippen LogP contribution in [0.25, 0.3) is 16.9 Å². The maximum atomic E-state index is 12.8. The number of rotatable bonds is 4. The molecule has 0 fully saturated rings. The molecule has 2 aromatic heterocycles. The van der Waals surface area contributed by atoms with Crippen molar-refractivity contribution >= 4 is 22.9 Å². The van der Waals surface area contributed by atoms with Crippen LogP contribution >= 0.6 is 0 Å². The van der Waals surface area contributed by atoms with Gasteiger partial charge in [-0.2, -0.15) is 0 Å². The minimum absolute atomic E-state index is 0.141. The molecule has 140 valence electrons. The van der Waals surface area contributed by atoms with Gasteiger partial charge in [0.25, 0.3) is 5.91 Å². The van der Waals surface area contributed by atoms with Crippen molar-refractivity contribution in [2.75, 3.05) is 24.3 Å². The van der Waals surface area contributed by atoms with E-state index < -0.39 is 0 Å². The van der Waals surface area contributed by atoms with E-state index in [0.29, 0.717) is 5.56 Å². The number of nitrogens with one attached hydrogen (secondary N) is 1. The number of para-hydroxylation sites is 1. The van der Waals surface area contributed by atoms with Crippen molar-refractivity contribution in [1.82, 2.24) is 9.38 Å². The van der Waals surface area contributed by atoms with Crippen molar-refractivity contribution < 1.29 is 4.79 Å². The zero-order valence-electron chi connectivity index (χ0n) is 16.2. The summed E-state index contributed by atoms with van der Waals surface area (Å²) in [5.41, 5.74) is 6.15. The van der Waals surface area contributed by atoms with E-state index in [1.54, 1.807) is 0 Å². The molecular weight excluding hydrogens is 348 g/mol. The maximum Gasteiger partial charge on any atom is 0.255 e. The van der Waals surface area contributed by atoms with Crippen LogP contribution in [0, 0.1) is 6.92 Å². The Morgan fingerprint density at radius 2 is 1.75 bits per heavy atom. The summed E-state index contributed by atoms with van der Waals surface area (Å²) in [7, 11) is 3.95. The molecule has 0 unspecified atom stereocenters. The van der Waals surface area contributed by atoms with Gasteiger partial charge in [0.2, 0.25) is 0 Å². The van der Waals surface area contributed by atoms with Crippen LogP contribution in [-0.4, -0.2) is 29.4 Å². The summed E-state index contributed by atoms with van der Waals surface area (Å²) in [5.74, 6) is -0.141. The second-order valence-electron chi connectivity index (χ2n) is 6.99. The second kappa shape index (κ2) is 7.19. The Morgan fingerprint density at radius 3 is 2.46 bits per heavy atom. The van der Waals surface area contributed by atoms with Gasteiger partial charge in [0.1, 0.15) is 5.65 Å². The fraction of sp³-hybridized carbons (Fsp3) is 0.130. The molecule has 28 heavy (non-hydrogen) atoms. The van der Waals surface area contributed by atoms with E-state index >= 15 is 0 Å². The molecule has 2 aromatic carbocycles. The van der Waals surface area contributed by atoms with Crippen LogP contribution in [-0.2, 0) is 0 Å². The molecule has 1 amide bonds. The van der Waals surface area contributed by atoms with Crippen molar-refractivity contribution in [3.05, 3.63) is 84.2 Å². The Morgan fingerprint density at radius 1 is 1.00 bits per heavy atom. The number of carbonyl (C=O) groups excluding carboxylic acids is 1. The van der Waals surface area contributed by atoms with Crippen LogP contribution in [0.5, 0.6) is 0 Å². The highest BCUT2D eigenvalue weighted by atomic mass is 16.1. The van der Waals surface area contributed by atoms with Gasteiger partial charge in [0, 0.05) is 43.3 Å². The molecule has 0 aliphatic carbocycles. The molecule has 2 heterocycles. The number of anilines is 2. The van der Waals surface area contributed by atoms with Crippen LogP contribution in [0.1, 0.15) is 15.9 Å². The van der Waals surface area contributed by atoms with Crippen molar-refractivity contribution in [3.8, 4) is 11.3 Å². The zero-order valence-corrected chi connectivity index (χ0v) is 16.2. The summed E-state index contributed by atoms with van der Waals surface area (Å²) in [6.45, 7) is 2.04. The first kappa shape index (κ1) is 17.8. The Balaban J connectivity index is 1.65. The fourth-order valence-corrected chi connectivity index (χ4v) is 3.20. The molecule has 0 radical (unpaired) electrons. The number of nitrogens with zero attached hydrogens (tertiary/aromatic N) is 3. The van der Waals surface area contributed by atoms with Gasteiger partial charge in [-0.25, -0.2) is 4.98 Å². The highest BCUT2D eigenvalue weighted by Crippen LogP contribution is 2.28. The summed E-state index contributed by atoms with van der Waals surface area (Å²) in [6, 6.07) is 19.3. The van der Waals surface area contributed by atoms with Gasteiger partial charge in [-0.05, 0) is 48.9 Å². The lowest BCUT2D eigenvalue weighted by atomic mass is 10.1. The minimum Gasteiger partial charge on any atom is -0.378 e. The predicted octanol–water partition coefficient (Wildman–Crippen LogP) is 4.63. The average Bonchev–Trinajstić information content (AvgIpc) is 3.14. The Bertz CT molecular complexity index is 1140. The first-order chi connectivity index (χ1) is 13.5. The Kier molecular flexibility index (Phi) is 4.57. The van der Waals surface area contributed by atoms with E-state index in [4.69, 9.17) is 4.98 Å². The van der Waals surface area contributed by atoms with Gasteiger partial charge in [-0.3, -0.25) is 4.79 Å². The lowest BCUT2D eigenvalue weighted by Crippen LogP contribution is -2.13. The van der Waals surface area contributed by atoms with Crippen LogP contribution in [0.3, 0.4) is 0 Å². The van der Waals surface area contributed by atoms with Gasteiger partial charge < -0.3 is 14.6 Å². The quantitative estimate of drug-likeness (QED) is 0.570. The maximum absolute atomic E-state index is 12.8. The van der Waals surface area contributed by atoms with Crippen LogP contribution < -0.4 is 10.2 Å². The number of hydrogen-bond donors (Lipinski definition) is 1. The monoisotopic (exact) mass is 370 g/mol. The van der Waals surface area contributed by atoms with E-state index in [1.807, 2.05) is 103 Å². The molecule has 5 nitrogen and oxygen atoms in total. The van der Waals surface area contributed by atoms with E-state index in [1.165, 1.54) is 0 Å². The first-order valence-electron chi connectivity index (χ1n) is 9.15. The number of pyridine rings is 1. The summed E-state index contributed by atoms with van der Waals surface area (Å²) >= 11 is 0. The van der Waals surface area contributed by atoms with Gasteiger partial charge in [-0.15, -0.1) is 0 Å². The average molecular weight is 370 g/mol. The summed E-state index contributed by atoms with van der Waals surface area (Å²) in [5, 5.41) is 3.03. The van der Waals surface area contributed by atoms with Crippen molar-refractivity contribution in [2.45, 2.75) is 6.92 Å². The number of fused-ring (bicyclic) bond motifs is 1. The molecule has 0 aliphatic heterocycles. The van der Waals surface area contributed by atoms with Crippen LogP contribution in [0.2, 0.25) is 0 Å². The van der Waals surface area contributed by atoms with Crippen LogP contribution in [0.15, 0.2) is 73.1 Å². The third-order valence-electron chi connectivity index (χ3n) is 4.78. The second-order valence-corrected chi connectivity index (χ2v) is 6.99. The third-order valence-corrected chi connectivity index (χ3v) is 4.78. The van der Waals surface area contributed by atoms with Gasteiger partial charge in [0.05, 0.1) is 11.4 Å². The molecule has 0 atom stereocenters. The molecule has 5 heteroatoms. The van der Waals surface area contributed by atoms with Crippen molar-refractivity contribution in [2.24, 2.45) is 0 Å². The molecule has 0 saturated heterocycles. The number of aromatic nitrogens is 2. The number of carbonyl (C=O) groups is 1. The Labute approximate surface area is 164 Å². The zero-order chi connectivity index (χ0) is 19.7. The SMILES string of the molecule is Cc1cccn2cc(-c3ccccc3NC(=O)c3ccc(N(C)C)cc3)nc12. The number of aryl methyl sites for hydroxylation is 1. The molecule has 0 aliphatic rings. The molecular formula is C23H22N4O. The fourth-order valence-electron chi connectivity index (χ4n) is 3.20. The van der Waals surface area contributed by atoms with E-state index in [-0.39, 0.29) is 5.91 Å². The topological polar surface area (TPSA) is 49.6 Å². The molecule has 0 spiro atoms. The first-order valence-corrected chi connectivity index (χ1v) is 9.15. The number of imidazole rings is 1. The molecule has 4 rings (SSSR count). The van der Waals surface area contributed by atoms with Crippen molar-refractivity contribution in [3.63, 3.8) is 0 Å². The van der Waals surface area contributed by atoms with Gasteiger partial charge >= 0.3 is 0 Å². The number of amides is 1. The van der Waals surface area contributed by atoms with E-state index in [2.05, 4.69) is 5.32 Å². The highest BCUT2D eigenvalue weighted by molar-refractivity contribution is 6.06. The minimum atomic E-state index is -0.141. The standard InChI is InChI=1S/C23H22N4O/c1-16-7-6-14-27-15-21(24-22(16)27)19-8-4-5-9-20(19)25-23(28)17-10-12-18(13-11-17)26(2)3/h4-15H,1-3H3,(H,25,28). The summed E-state index contributed by atoms with van der Waals surface area (Å²) < 4.78 is 2.00. The normalized spacial score (nSPS) is 10.8. The molecule has 0 saturated carbocycles. The number of benzene rings is 2. The highest BCUT2D eigenvalue weighted by Gasteiger charge is 2.13. The van der Waals surface area contributed by atoms with Gasteiger partial charge in [0.15, 0.2) is 0 Å². The summed E-state index contributed by atoms with van der Waals surface area (Å²) in [6.07, 6.45) is 3.96. The predicted molar refractivity (Wildman–Crippen MR) is 114 cm³/mol. The van der Waals surface area contributed by atoms with E-state index in [9.17, 15) is 4.79 Å². The lowest BCUT2D eigenvalue weighted by Gasteiger charge is -2.13. The van der Waals surface area contributed by atoms with E-state index in [0.717, 1.165) is 33.8 Å². The smallest absolute Gasteiger partial charge is 0.255 e. The molecule has 4 aromatic rings. The molecule has 0 bridgehead atoms. The lowest BCUT2D eigenvalue weighted by molar-refractivity contribution is 0.102. The largest absolute Gasteiger partial charge is 0.378 e. The number of hydrogen-bond acceptors (Lipinski definition) is 3. The summed E-state index contributed by atoms with van der Waals surface area (Å²) in [4.78, 5) is 19.5. The van der Waals surface area contributed by atoms with Gasteiger partial charge in [-0.1, -0.05) is 24.3 Å². The Hall–Kier alpha value is -3.60. The van der Waals surface area contributed by atoms with Crippen molar-refractivity contribution in [1.29, 1.82) is 0 Å².